The Morgan fingerprint density at radius 3 is 2.71 bits per heavy atom. The Morgan fingerprint density at radius 1 is 1.38 bits per heavy atom. The molecule has 0 bridgehead atoms. The number of amides is 2. The van der Waals surface area contributed by atoms with Gasteiger partial charge in [0.15, 0.2) is 0 Å². The monoisotopic (exact) mass is 284 g/mol. The minimum absolute atomic E-state index is 0.0167. The van der Waals surface area contributed by atoms with Crippen LogP contribution in [0.3, 0.4) is 0 Å². The van der Waals surface area contributed by atoms with Crippen LogP contribution in [0.4, 0.5) is 5.69 Å². The Labute approximate surface area is 125 Å². The number of aryl methyl sites for hydroxylation is 1. The van der Waals surface area contributed by atoms with Gasteiger partial charge in [-0.2, -0.15) is 0 Å². The van der Waals surface area contributed by atoms with Gasteiger partial charge in [-0.25, -0.2) is 0 Å². The summed E-state index contributed by atoms with van der Waals surface area (Å²) >= 11 is 0. The zero-order valence-electron chi connectivity index (χ0n) is 12.5. The third-order valence-electron chi connectivity index (χ3n) is 4.10. The van der Waals surface area contributed by atoms with Crippen LogP contribution in [0.2, 0.25) is 0 Å². The van der Waals surface area contributed by atoms with Gasteiger partial charge in [0.2, 0.25) is 5.91 Å². The first-order valence-corrected chi connectivity index (χ1v) is 7.26. The number of fused-ring (bicyclic) bond motifs is 1. The SMILES string of the molecule is C#CC(CC)(CC)NC(=O)c1ccc2c(c1)CCC(=O)N2. The van der Waals surface area contributed by atoms with Gasteiger partial charge in [-0.1, -0.05) is 19.8 Å². The molecule has 2 N–H and O–H groups in total. The number of carbonyl (C=O) groups excluding carboxylic acids is 2. The molecule has 1 aromatic rings. The lowest BCUT2D eigenvalue weighted by molar-refractivity contribution is -0.116. The van der Waals surface area contributed by atoms with Crippen LogP contribution in [0.5, 0.6) is 0 Å². The Hall–Kier alpha value is -2.28. The molecule has 1 aromatic carbocycles. The van der Waals surface area contributed by atoms with E-state index >= 15 is 0 Å². The second kappa shape index (κ2) is 6.01. The van der Waals surface area contributed by atoms with Crippen molar-refractivity contribution in [2.45, 2.75) is 45.1 Å². The topological polar surface area (TPSA) is 58.2 Å². The summed E-state index contributed by atoms with van der Waals surface area (Å²) < 4.78 is 0. The average molecular weight is 284 g/mol. The highest BCUT2D eigenvalue weighted by Gasteiger charge is 2.26. The summed E-state index contributed by atoms with van der Waals surface area (Å²) in [5.74, 6) is 2.54. The smallest absolute Gasteiger partial charge is 0.252 e. The lowest BCUT2D eigenvalue weighted by atomic mass is 9.93. The van der Waals surface area contributed by atoms with Crippen LogP contribution in [0.1, 0.15) is 49.0 Å². The van der Waals surface area contributed by atoms with Crippen molar-refractivity contribution >= 4 is 17.5 Å². The Morgan fingerprint density at radius 2 is 2.10 bits per heavy atom. The first-order chi connectivity index (χ1) is 10.0. The van der Waals surface area contributed by atoms with E-state index in [1.54, 1.807) is 12.1 Å². The van der Waals surface area contributed by atoms with E-state index in [1.807, 2.05) is 19.9 Å². The summed E-state index contributed by atoms with van der Waals surface area (Å²) in [6.07, 6.45) is 8.06. The largest absolute Gasteiger partial charge is 0.336 e. The molecule has 1 heterocycles. The van der Waals surface area contributed by atoms with Crippen molar-refractivity contribution in [2.24, 2.45) is 0 Å². The summed E-state index contributed by atoms with van der Waals surface area (Å²) in [5.41, 5.74) is 1.76. The highest BCUT2D eigenvalue weighted by molar-refractivity contribution is 5.98. The molecule has 2 amide bonds. The fraction of sp³-hybridized carbons (Fsp3) is 0.412. The molecule has 0 aromatic heterocycles. The zero-order valence-corrected chi connectivity index (χ0v) is 12.5. The number of anilines is 1. The van der Waals surface area contributed by atoms with Gasteiger partial charge in [0.1, 0.15) is 5.54 Å². The summed E-state index contributed by atoms with van der Waals surface area (Å²) in [6, 6.07) is 5.32. The predicted molar refractivity (Wildman–Crippen MR) is 83.0 cm³/mol. The molecule has 0 fully saturated rings. The second-order valence-electron chi connectivity index (χ2n) is 5.31. The molecule has 0 atom stereocenters. The fourth-order valence-corrected chi connectivity index (χ4v) is 2.48. The lowest BCUT2D eigenvalue weighted by Crippen LogP contribution is -2.46. The first-order valence-electron chi connectivity index (χ1n) is 7.26. The van der Waals surface area contributed by atoms with E-state index in [2.05, 4.69) is 16.6 Å². The van der Waals surface area contributed by atoms with Crippen LogP contribution in [0, 0.1) is 12.3 Å². The molecular weight excluding hydrogens is 264 g/mol. The first kappa shape index (κ1) is 15.1. The number of hydrogen-bond acceptors (Lipinski definition) is 2. The maximum absolute atomic E-state index is 12.4. The summed E-state index contributed by atoms with van der Waals surface area (Å²) in [4.78, 5) is 23.7. The predicted octanol–water partition coefficient (Wildman–Crippen LogP) is 2.49. The van der Waals surface area contributed by atoms with Crippen LogP contribution in [-0.4, -0.2) is 17.4 Å². The number of hydrogen-bond donors (Lipinski definition) is 2. The van der Waals surface area contributed by atoms with E-state index in [0.717, 1.165) is 11.3 Å². The Kier molecular flexibility index (Phi) is 4.32. The van der Waals surface area contributed by atoms with Crippen molar-refractivity contribution in [3.8, 4) is 12.3 Å². The average Bonchev–Trinajstić information content (AvgIpc) is 2.52. The quantitative estimate of drug-likeness (QED) is 0.835. The van der Waals surface area contributed by atoms with Crippen LogP contribution in [-0.2, 0) is 11.2 Å². The number of carbonyl (C=O) groups is 2. The molecule has 0 radical (unpaired) electrons. The molecule has 110 valence electrons. The van der Waals surface area contributed by atoms with E-state index in [1.165, 1.54) is 0 Å². The van der Waals surface area contributed by atoms with E-state index in [0.29, 0.717) is 31.2 Å². The molecule has 4 heteroatoms. The van der Waals surface area contributed by atoms with Gasteiger partial charge in [-0.3, -0.25) is 9.59 Å². The molecular formula is C17H20N2O2. The van der Waals surface area contributed by atoms with Crippen molar-refractivity contribution in [1.29, 1.82) is 0 Å². The van der Waals surface area contributed by atoms with E-state index in [9.17, 15) is 9.59 Å². The summed E-state index contributed by atoms with van der Waals surface area (Å²) in [6.45, 7) is 3.93. The van der Waals surface area contributed by atoms with Crippen molar-refractivity contribution in [2.75, 3.05) is 5.32 Å². The van der Waals surface area contributed by atoms with Gasteiger partial charge >= 0.3 is 0 Å². The second-order valence-corrected chi connectivity index (χ2v) is 5.31. The van der Waals surface area contributed by atoms with Gasteiger partial charge < -0.3 is 10.6 Å². The van der Waals surface area contributed by atoms with Gasteiger partial charge in [-0.15, -0.1) is 6.42 Å². The normalized spacial score (nSPS) is 13.9. The van der Waals surface area contributed by atoms with Crippen molar-refractivity contribution in [3.63, 3.8) is 0 Å². The Bertz CT molecular complexity index is 610. The van der Waals surface area contributed by atoms with Gasteiger partial charge in [0.05, 0.1) is 0 Å². The van der Waals surface area contributed by atoms with Crippen molar-refractivity contribution in [1.82, 2.24) is 5.32 Å². The van der Waals surface area contributed by atoms with Gasteiger partial charge in [0, 0.05) is 17.7 Å². The molecule has 0 saturated heterocycles. The molecule has 0 unspecified atom stereocenters. The molecule has 0 saturated carbocycles. The van der Waals surface area contributed by atoms with Crippen molar-refractivity contribution < 1.29 is 9.59 Å². The summed E-state index contributed by atoms with van der Waals surface area (Å²) in [7, 11) is 0. The maximum Gasteiger partial charge on any atom is 0.252 e. The molecule has 21 heavy (non-hydrogen) atoms. The molecule has 4 nitrogen and oxygen atoms in total. The number of rotatable bonds is 4. The number of benzene rings is 1. The highest BCUT2D eigenvalue weighted by atomic mass is 16.2. The molecule has 1 aliphatic rings. The maximum atomic E-state index is 12.4. The summed E-state index contributed by atoms with van der Waals surface area (Å²) in [5, 5.41) is 5.75. The van der Waals surface area contributed by atoms with E-state index in [4.69, 9.17) is 6.42 Å². The fourth-order valence-electron chi connectivity index (χ4n) is 2.48. The molecule has 0 spiro atoms. The van der Waals surface area contributed by atoms with Gasteiger partial charge in [0.25, 0.3) is 5.91 Å². The Balaban J connectivity index is 2.21. The standard InChI is InChI=1S/C17H20N2O2/c1-4-17(5-2,6-3)19-16(21)13-7-9-14-12(11-13)8-10-15(20)18-14/h1,7,9,11H,5-6,8,10H2,2-3H3,(H,18,20)(H,19,21). The third-order valence-corrected chi connectivity index (χ3v) is 4.10. The van der Waals surface area contributed by atoms with Crippen molar-refractivity contribution in [3.05, 3.63) is 29.3 Å². The van der Waals surface area contributed by atoms with Gasteiger partial charge in [-0.05, 0) is 43.0 Å². The highest BCUT2D eigenvalue weighted by Crippen LogP contribution is 2.24. The third kappa shape index (κ3) is 3.08. The minimum atomic E-state index is -0.596. The van der Waals surface area contributed by atoms with Crippen LogP contribution in [0.15, 0.2) is 18.2 Å². The van der Waals surface area contributed by atoms with Crippen LogP contribution in [0.25, 0.3) is 0 Å². The number of terminal acetylenes is 1. The van der Waals surface area contributed by atoms with Crippen LogP contribution < -0.4 is 10.6 Å². The molecule has 2 rings (SSSR count). The molecule has 0 aliphatic carbocycles. The minimum Gasteiger partial charge on any atom is -0.336 e. The van der Waals surface area contributed by atoms with Crippen LogP contribution >= 0.6 is 0 Å². The van der Waals surface area contributed by atoms with E-state index < -0.39 is 5.54 Å². The number of nitrogens with one attached hydrogen (secondary N) is 2. The van der Waals surface area contributed by atoms with E-state index in [-0.39, 0.29) is 11.8 Å². The lowest BCUT2D eigenvalue weighted by Gasteiger charge is -2.27. The zero-order chi connectivity index (χ0) is 15.5. The molecule has 1 aliphatic heterocycles.